The highest BCUT2D eigenvalue weighted by molar-refractivity contribution is 5.90. The number of fused-ring (bicyclic) bond motifs is 5. The summed E-state index contributed by atoms with van der Waals surface area (Å²) in [6.45, 7) is 28.2. The van der Waals surface area contributed by atoms with Crippen LogP contribution in [0.15, 0.2) is 0 Å². The number of ether oxygens (including phenoxy) is 14. The molecule has 0 N–H and O–H groups in total. The molecule has 16 aliphatic rings. The standard InChI is InChI=1S/C21H30O6.C18H26O6.C16H22O6.C15H20O6.C13H18O4.10CH4/c1-4-11(3)18(22)25-16-13-10-12-14(19(23)26-17(12)16)15(13)20(24)27-21(5-2)8-6-7-9-21;1-6-8(2)15(19)22-13-10-7-9-11(16(20)23-14(9)13)12(10)17(21)24-18(3,4)5;1-4-7(3)14(17)21-12-8-6-9-11(16(19)22-13(9)12)10(8)15(18)20-5-2;1-4-6(2)13(16)20-11-7-5-8-10(9(7)14(17)19-3)15(18)21-12(8)11;1-3-6(2)12(14)16-10-7-4-8-9(5-7)13(15)17-11(8)10;;;;;;;;;;/h11-17H,4-10H2,1-3H3;8-14H,6-7H2,1-5H3;7-13H,4-6H2,1-3H3;6-12H,4-5H2,1-3H3;6-11H,3-5H2,1-2H3;10*1H4. The number of hydrogen-bond donors (Lipinski definition) is 0. The monoisotopic (exact) mass is 1720 g/mol. The Kier molecular flexibility index (Phi) is 39.4. The zero-order valence-corrected chi connectivity index (χ0v) is 67.1. The minimum Gasteiger partial charge on any atom is -0.469 e. The fourth-order valence-corrected chi connectivity index (χ4v) is 21.6. The zero-order chi connectivity index (χ0) is 80.6. The summed E-state index contributed by atoms with van der Waals surface area (Å²) in [5.41, 5.74) is -1.01. The third kappa shape index (κ3) is 20.1. The van der Waals surface area contributed by atoms with E-state index < -0.39 is 95.5 Å². The van der Waals surface area contributed by atoms with Crippen LogP contribution in [0.25, 0.3) is 0 Å². The molecule has 5 aliphatic heterocycles. The van der Waals surface area contributed by atoms with Crippen LogP contribution in [-0.4, -0.2) is 170 Å². The molecular formula is C93H156O28. The van der Waals surface area contributed by atoms with Gasteiger partial charge in [-0.25, -0.2) is 0 Å². The number of hydrogen-bond acceptors (Lipinski definition) is 28. The van der Waals surface area contributed by atoms with E-state index in [1.54, 1.807) is 34.6 Å². The summed E-state index contributed by atoms with van der Waals surface area (Å²) >= 11 is 0. The summed E-state index contributed by atoms with van der Waals surface area (Å²) in [5.74, 6) is -9.14. The first-order chi connectivity index (χ1) is 52.6. The predicted molar refractivity (Wildman–Crippen MR) is 449 cm³/mol. The van der Waals surface area contributed by atoms with Crippen LogP contribution in [0.3, 0.4) is 0 Å². The van der Waals surface area contributed by atoms with E-state index in [2.05, 4.69) is 6.92 Å². The Morgan fingerprint density at radius 2 is 0.645 bits per heavy atom. The van der Waals surface area contributed by atoms with E-state index in [0.29, 0.717) is 63.2 Å². The molecular weight excluding hydrogens is 1560 g/mol. The fourth-order valence-electron chi connectivity index (χ4n) is 21.6. The average molecular weight is 1720 g/mol. The molecule has 11 saturated carbocycles. The summed E-state index contributed by atoms with van der Waals surface area (Å²) in [7, 11) is 1.31. The highest BCUT2D eigenvalue weighted by Gasteiger charge is 2.75. The zero-order valence-electron chi connectivity index (χ0n) is 67.1. The molecule has 0 aromatic heterocycles. The second-order valence-corrected chi connectivity index (χ2v) is 35.5. The van der Waals surface area contributed by atoms with Crippen molar-refractivity contribution in [2.24, 2.45) is 142 Å². The molecule has 121 heavy (non-hydrogen) atoms. The third-order valence-corrected chi connectivity index (χ3v) is 28.4. The van der Waals surface area contributed by atoms with Crippen LogP contribution in [0.4, 0.5) is 0 Å². The first-order valence-electron chi connectivity index (χ1n) is 41.4. The van der Waals surface area contributed by atoms with E-state index in [4.69, 9.17) is 66.3 Å². The van der Waals surface area contributed by atoms with Crippen molar-refractivity contribution >= 4 is 83.6 Å². The van der Waals surface area contributed by atoms with Crippen molar-refractivity contribution in [3.05, 3.63) is 0 Å². The topological polar surface area (TPSA) is 368 Å². The minimum atomic E-state index is -0.621. The van der Waals surface area contributed by atoms with Gasteiger partial charge in [-0.1, -0.05) is 150 Å². The number of methoxy groups -OCH3 is 1. The van der Waals surface area contributed by atoms with E-state index in [1.807, 2.05) is 62.3 Å². The minimum absolute atomic E-state index is 0. The molecule has 16 rings (SSSR count). The third-order valence-electron chi connectivity index (χ3n) is 28.4. The van der Waals surface area contributed by atoms with Crippen LogP contribution in [0.2, 0.25) is 0 Å². The van der Waals surface area contributed by atoms with E-state index >= 15 is 0 Å². The highest BCUT2D eigenvalue weighted by atomic mass is 16.6. The molecule has 10 bridgehead atoms. The van der Waals surface area contributed by atoms with E-state index in [1.165, 1.54) is 7.11 Å². The number of esters is 14. The summed E-state index contributed by atoms with van der Waals surface area (Å²) in [4.78, 5) is 171. The molecule has 28 heteroatoms. The van der Waals surface area contributed by atoms with Crippen molar-refractivity contribution in [1.82, 2.24) is 0 Å². The maximum atomic E-state index is 13.1. The lowest BCUT2D eigenvalue weighted by molar-refractivity contribution is -0.176. The van der Waals surface area contributed by atoms with Crippen molar-refractivity contribution < 1.29 is 133 Å². The smallest absolute Gasteiger partial charge is 0.310 e. The Balaban J connectivity index is 0.000000505. The number of carbonyl (C=O) groups is 14. The SMILES string of the molecule is C.C.C.C.C.C.C.C.C.C.CCC(C)C(=O)OC1C2CC3C(=O)OC1C3C2.CCC(C)C(=O)OC1C2CC3C1OC(=O)C3C2C(=O)OC.CCC(C)C(=O)OC1C2CC3C1OC(=O)C3C2C(=O)OC(C)(C)C.CCC(C)C(=O)OC1C2CC3C1OC(=O)C3C2C(=O)OC1(CC)CCCC1.CCOC(=O)C1C2CC3C(OC(=O)C31)C2OC(=O)C(C)CC. The van der Waals surface area contributed by atoms with Crippen LogP contribution < -0.4 is 0 Å². The van der Waals surface area contributed by atoms with Gasteiger partial charge in [-0.2, -0.15) is 0 Å². The first kappa shape index (κ1) is 110. The van der Waals surface area contributed by atoms with Gasteiger partial charge in [0, 0.05) is 59.2 Å². The average Bonchev–Trinajstić information content (AvgIpc) is 1.57. The second-order valence-electron chi connectivity index (χ2n) is 35.5. The van der Waals surface area contributed by atoms with Crippen LogP contribution >= 0.6 is 0 Å². The van der Waals surface area contributed by atoms with Crippen LogP contribution in [0.5, 0.6) is 0 Å². The van der Waals surface area contributed by atoms with Crippen molar-refractivity contribution in [1.29, 1.82) is 0 Å². The lowest BCUT2D eigenvalue weighted by Gasteiger charge is -2.34. The molecule has 5 heterocycles. The molecule has 696 valence electrons. The van der Waals surface area contributed by atoms with Gasteiger partial charge in [0.05, 0.1) is 96.6 Å². The molecule has 34 atom stereocenters. The fraction of sp³-hybridized carbons (Fsp3) is 0.849. The molecule has 0 amide bonds. The first-order valence-corrected chi connectivity index (χ1v) is 41.4. The molecule has 11 aliphatic carbocycles. The lowest BCUT2D eigenvalue weighted by Crippen LogP contribution is -2.46. The Hall–Kier alpha value is -7.42. The summed E-state index contributed by atoms with van der Waals surface area (Å²) < 4.78 is 76.7. The van der Waals surface area contributed by atoms with Gasteiger partial charge in [0.15, 0.2) is 0 Å². The normalized spacial score (nSPS) is 36.7. The van der Waals surface area contributed by atoms with Gasteiger partial charge in [-0.05, 0) is 130 Å². The predicted octanol–water partition coefficient (Wildman–Crippen LogP) is 15.2. The highest BCUT2D eigenvalue weighted by Crippen LogP contribution is 2.64. The molecule has 34 unspecified atom stereocenters. The van der Waals surface area contributed by atoms with Gasteiger partial charge in [-0.3, -0.25) is 67.1 Å². The lowest BCUT2D eigenvalue weighted by atomic mass is 9.78. The molecule has 0 spiro atoms. The van der Waals surface area contributed by atoms with Crippen LogP contribution in [-0.2, 0) is 133 Å². The van der Waals surface area contributed by atoms with Gasteiger partial charge in [0.1, 0.15) is 72.2 Å². The summed E-state index contributed by atoms with van der Waals surface area (Å²) in [6, 6.07) is 0. The summed E-state index contributed by atoms with van der Waals surface area (Å²) in [6.07, 6.45) is 8.84. The van der Waals surface area contributed by atoms with Gasteiger partial charge < -0.3 is 66.3 Å². The number of rotatable bonds is 22. The Morgan fingerprint density at radius 1 is 0.364 bits per heavy atom. The van der Waals surface area contributed by atoms with E-state index in [9.17, 15) is 67.1 Å². The Morgan fingerprint density at radius 3 is 0.934 bits per heavy atom. The van der Waals surface area contributed by atoms with Gasteiger partial charge in [0.2, 0.25) is 0 Å². The molecule has 0 radical (unpaired) electrons. The second kappa shape index (κ2) is 43.5. The van der Waals surface area contributed by atoms with Crippen molar-refractivity contribution in [2.75, 3.05) is 13.7 Å². The van der Waals surface area contributed by atoms with Crippen LogP contribution in [0.1, 0.15) is 281 Å². The Labute approximate surface area is 722 Å². The maximum Gasteiger partial charge on any atom is 0.310 e. The quantitative estimate of drug-likeness (QED) is 0.0717. The summed E-state index contributed by atoms with van der Waals surface area (Å²) in [5, 5.41) is 0. The van der Waals surface area contributed by atoms with E-state index in [-0.39, 0.29) is 271 Å². The Bertz CT molecular complexity index is 3610. The van der Waals surface area contributed by atoms with Crippen molar-refractivity contribution in [3.63, 3.8) is 0 Å². The van der Waals surface area contributed by atoms with Crippen molar-refractivity contribution in [2.45, 2.75) is 353 Å². The largest absolute Gasteiger partial charge is 0.469 e. The van der Waals surface area contributed by atoms with Crippen molar-refractivity contribution in [3.8, 4) is 0 Å². The molecule has 0 aromatic carbocycles. The van der Waals surface area contributed by atoms with Crippen LogP contribution in [0, 0.1) is 142 Å². The maximum absolute atomic E-state index is 13.1. The molecule has 16 fully saturated rings. The van der Waals surface area contributed by atoms with Gasteiger partial charge in [-0.15, -0.1) is 0 Å². The molecule has 0 aromatic rings. The molecule has 5 saturated heterocycles. The van der Waals surface area contributed by atoms with Gasteiger partial charge in [0.25, 0.3) is 0 Å². The van der Waals surface area contributed by atoms with E-state index in [0.717, 1.165) is 51.4 Å². The molecule has 28 nitrogen and oxygen atoms in total. The van der Waals surface area contributed by atoms with Gasteiger partial charge >= 0.3 is 83.6 Å². The number of carbonyl (C=O) groups excluding carboxylic acids is 14.